The summed E-state index contributed by atoms with van der Waals surface area (Å²) in [5.74, 6) is 0.950. The summed E-state index contributed by atoms with van der Waals surface area (Å²) in [5.41, 5.74) is 0. The quantitative estimate of drug-likeness (QED) is 0.455. The van der Waals surface area contributed by atoms with Crippen LogP contribution in [0, 0.1) is 5.92 Å². The first-order valence-corrected chi connectivity index (χ1v) is 9.56. The van der Waals surface area contributed by atoms with Gasteiger partial charge >= 0.3 is 0 Å². The summed E-state index contributed by atoms with van der Waals surface area (Å²) in [6.07, 6.45) is 14.7. The molecule has 0 amide bonds. The number of ether oxygens (including phenoxy) is 1. The summed E-state index contributed by atoms with van der Waals surface area (Å²) >= 11 is 0. The number of unbranched alkanes of at least 4 members (excludes halogenated alkanes) is 6. The normalized spacial score (nSPS) is 21.6. The molecule has 0 spiro atoms. The summed E-state index contributed by atoms with van der Waals surface area (Å²) in [6.45, 7) is 11.4. The Morgan fingerprint density at radius 1 is 1.00 bits per heavy atom. The smallest absolute Gasteiger partial charge is 0.0674 e. The third-order valence-corrected chi connectivity index (χ3v) is 4.80. The van der Waals surface area contributed by atoms with Gasteiger partial charge in [0, 0.05) is 13.1 Å². The summed E-state index contributed by atoms with van der Waals surface area (Å²) in [7, 11) is 0. The Morgan fingerprint density at radius 3 is 2.38 bits per heavy atom. The van der Waals surface area contributed by atoms with Gasteiger partial charge in [-0.05, 0) is 25.8 Å². The maximum absolute atomic E-state index is 5.58. The van der Waals surface area contributed by atoms with E-state index in [1.807, 2.05) is 0 Å². The lowest BCUT2D eigenvalue weighted by Crippen LogP contribution is -2.41. The van der Waals surface area contributed by atoms with E-state index in [-0.39, 0.29) is 0 Å². The second-order valence-corrected chi connectivity index (χ2v) is 7.14. The standard InChI is InChI=1S/C19H39NO/c1-4-5-9-12-18(2)13-10-7-6-8-11-14-20-15-16-21-19(3)17-20/h18-19H,4-17H2,1-3H3. The van der Waals surface area contributed by atoms with Gasteiger partial charge in [-0.3, -0.25) is 4.90 Å². The molecule has 2 nitrogen and oxygen atoms in total. The Hall–Kier alpha value is -0.0800. The first-order valence-electron chi connectivity index (χ1n) is 9.56. The van der Waals surface area contributed by atoms with Gasteiger partial charge in [0.1, 0.15) is 0 Å². The minimum Gasteiger partial charge on any atom is -0.376 e. The van der Waals surface area contributed by atoms with Crippen molar-refractivity contribution in [3.8, 4) is 0 Å². The lowest BCUT2D eigenvalue weighted by atomic mass is 9.96. The van der Waals surface area contributed by atoms with Crippen molar-refractivity contribution < 1.29 is 4.74 Å². The highest BCUT2D eigenvalue weighted by Gasteiger charge is 2.15. The van der Waals surface area contributed by atoms with Crippen molar-refractivity contribution in [3.05, 3.63) is 0 Å². The van der Waals surface area contributed by atoms with Gasteiger partial charge in [0.05, 0.1) is 12.7 Å². The Morgan fingerprint density at radius 2 is 1.67 bits per heavy atom. The van der Waals surface area contributed by atoms with Gasteiger partial charge in [-0.1, -0.05) is 71.6 Å². The molecule has 0 radical (unpaired) electrons. The van der Waals surface area contributed by atoms with Crippen LogP contribution in [0.5, 0.6) is 0 Å². The maximum Gasteiger partial charge on any atom is 0.0674 e. The fraction of sp³-hybridized carbons (Fsp3) is 1.00. The molecule has 0 aromatic heterocycles. The van der Waals surface area contributed by atoms with Gasteiger partial charge in [0.15, 0.2) is 0 Å². The molecule has 1 saturated heterocycles. The lowest BCUT2D eigenvalue weighted by Gasteiger charge is -2.30. The predicted octanol–water partition coefficient (Wildman–Crippen LogP) is 5.26. The topological polar surface area (TPSA) is 12.5 Å². The minimum absolute atomic E-state index is 0.438. The molecule has 0 aromatic carbocycles. The highest BCUT2D eigenvalue weighted by atomic mass is 16.5. The Bertz CT molecular complexity index is 232. The van der Waals surface area contributed by atoms with Crippen LogP contribution in [-0.2, 0) is 4.74 Å². The van der Waals surface area contributed by atoms with Gasteiger partial charge in [-0.25, -0.2) is 0 Å². The van der Waals surface area contributed by atoms with Crippen molar-refractivity contribution >= 4 is 0 Å². The van der Waals surface area contributed by atoms with Crippen LogP contribution in [0.25, 0.3) is 0 Å². The van der Waals surface area contributed by atoms with Crippen LogP contribution < -0.4 is 0 Å². The van der Waals surface area contributed by atoms with Crippen molar-refractivity contribution in [2.75, 3.05) is 26.2 Å². The molecule has 0 bridgehead atoms. The van der Waals surface area contributed by atoms with Crippen LogP contribution in [0.4, 0.5) is 0 Å². The van der Waals surface area contributed by atoms with Crippen LogP contribution >= 0.6 is 0 Å². The Kier molecular flexibility index (Phi) is 11.3. The van der Waals surface area contributed by atoms with Crippen molar-refractivity contribution in [1.29, 1.82) is 0 Å². The zero-order chi connectivity index (χ0) is 15.3. The third kappa shape index (κ3) is 10.3. The average molecular weight is 298 g/mol. The summed E-state index contributed by atoms with van der Waals surface area (Å²) in [4.78, 5) is 2.57. The van der Waals surface area contributed by atoms with Gasteiger partial charge in [0.2, 0.25) is 0 Å². The molecule has 0 saturated carbocycles. The molecule has 1 aliphatic heterocycles. The van der Waals surface area contributed by atoms with Gasteiger partial charge in [0.25, 0.3) is 0 Å². The molecule has 2 atom stereocenters. The van der Waals surface area contributed by atoms with Gasteiger partial charge < -0.3 is 4.74 Å². The molecule has 1 aliphatic rings. The molecule has 0 aromatic rings. The van der Waals surface area contributed by atoms with Crippen LogP contribution in [0.1, 0.15) is 85.0 Å². The van der Waals surface area contributed by atoms with E-state index < -0.39 is 0 Å². The van der Waals surface area contributed by atoms with E-state index in [2.05, 4.69) is 25.7 Å². The molecule has 1 heterocycles. The zero-order valence-electron chi connectivity index (χ0n) is 14.9. The monoisotopic (exact) mass is 297 g/mol. The first kappa shape index (κ1) is 19.0. The molecule has 1 fully saturated rings. The highest BCUT2D eigenvalue weighted by Crippen LogP contribution is 2.17. The summed E-state index contributed by atoms with van der Waals surface area (Å²) < 4.78 is 5.58. The second-order valence-electron chi connectivity index (χ2n) is 7.14. The molecule has 2 unspecified atom stereocenters. The van der Waals surface area contributed by atoms with E-state index >= 15 is 0 Å². The zero-order valence-corrected chi connectivity index (χ0v) is 14.9. The number of morpholine rings is 1. The van der Waals surface area contributed by atoms with Gasteiger partial charge in [-0.15, -0.1) is 0 Å². The molecular formula is C19H39NO. The number of hydrogen-bond donors (Lipinski definition) is 0. The Labute approximate surface area is 133 Å². The largest absolute Gasteiger partial charge is 0.376 e. The van der Waals surface area contributed by atoms with Crippen molar-refractivity contribution in [3.63, 3.8) is 0 Å². The van der Waals surface area contributed by atoms with Crippen molar-refractivity contribution in [2.24, 2.45) is 5.92 Å². The van der Waals surface area contributed by atoms with E-state index in [4.69, 9.17) is 4.74 Å². The lowest BCUT2D eigenvalue weighted by molar-refractivity contribution is -0.0186. The molecular weight excluding hydrogens is 258 g/mol. The van der Waals surface area contributed by atoms with Gasteiger partial charge in [-0.2, -0.15) is 0 Å². The summed E-state index contributed by atoms with van der Waals surface area (Å²) in [5, 5.41) is 0. The van der Waals surface area contributed by atoms with Crippen LogP contribution in [0.2, 0.25) is 0 Å². The average Bonchev–Trinajstić information content (AvgIpc) is 2.46. The Balaban J connectivity index is 1.84. The van der Waals surface area contributed by atoms with Crippen LogP contribution in [0.15, 0.2) is 0 Å². The van der Waals surface area contributed by atoms with E-state index in [0.717, 1.165) is 25.6 Å². The third-order valence-electron chi connectivity index (χ3n) is 4.80. The molecule has 0 N–H and O–H groups in total. The second kappa shape index (κ2) is 12.5. The molecule has 21 heavy (non-hydrogen) atoms. The fourth-order valence-electron chi connectivity index (χ4n) is 3.34. The van der Waals surface area contributed by atoms with E-state index in [1.165, 1.54) is 70.8 Å². The van der Waals surface area contributed by atoms with Crippen LogP contribution in [-0.4, -0.2) is 37.2 Å². The van der Waals surface area contributed by atoms with E-state index in [1.54, 1.807) is 0 Å². The first-order chi connectivity index (χ1) is 10.2. The fourth-order valence-corrected chi connectivity index (χ4v) is 3.34. The summed E-state index contributed by atoms with van der Waals surface area (Å²) in [6, 6.07) is 0. The number of hydrogen-bond acceptors (Lipinski definition) is 2. The van der Waals surface area contributed by atoms with Crippen molar-refractivity contribution in [1.82, 2.24) is 4.90 Å². The predicted molar refractivity (Wildman–Crippen MR) is 92.9 cm³/mol. The molecule has 0 aliphatic carbocycles. The molecule has 2 heteroatoms. The minimum atomic E-state index is 0.438. The van der Waals surface area contributed by atoms with Crippen LogP contribution in [0.3, 0.4) is 0 Å². The molecule has 126 valence electrons. The maximum atomic E-state index is 5.58. The number of nitrogens with zero attached hydrogens (tertiary/aromatic N) is 1. The highest BCUT2D eigenvalue weighted by molar-refractivity contribution is 4.67. The van der Waals surface area contributed by atoms with E-state index in [9.17, 15) is 0 Å². The van der Waals surface area contributed by atoms with Crippen molar-refractivity contribution in [2.45, 2.75) is 91.1 Å². The number of rotatable bonds is 12. The van der Waals surface area contributed by atoms with E-state index in [0.29, 0.717) is 6.10 Å². The SMILES string of the molecule is CCCCCC(C)CCCCCCCN1CCOC(C)C1. The molecule has 1 rings (SSSR count).